The Balaban J connectivity index is 2.81. The highest BCUT2D eigenvalue weighted by atomic mass is 16.5. The van der Waals surface area contributed by atoms with Gasteiger partial charge in [-0.15, -0.1) is 0 Å². The Kier molecular flexibility index (Phi) is 7.51. The number of carbonyl (C=O) groups excluding carboxylic acids is 2. The minimum Gasteiger partial charge on any atom is -0.466 e. The van der Waals surface area contributed by atoms with Crippen LogP contribution in [0.4, 0.5) is 0 Å². The topological polar surface area (TPSA) is 52.6 Å². The fourth-order valence-electron chi connectivity index (χ4n) is 2.24. The first kappa shape index (κ1) is 17.2. The summed E-state index contributed by atoms with van der Waals surface area (Å²) in [6.07, 6.45) is 0.998. The maximum absolute atomic E-state index is 12.2. The standard InChI is InChI=1S/C17H24O4/c1-4-11-21-15(18)12-13(3)16(17(19)20-5-2)14-9-7-6-8-10-14/h6-10,13,16H,4-5,11-12H2,1-3H3/t13-,16-/m1/s1. The Morgan fingerprint density at radius 1 is 1.10 bits per heavy atom. The Morgan fingerprint density at radius 2 is 1.76 bits per heavy atom. The van der Waals surface area contributed by atoms with Crippen LogP contribution in [0.15, 0.2) is 30.3 Å². The third-order valence-corrected chi connectivity index (χ3v) is 3.22. The van der Waals surface area contributed by atoms with Gasteiger partial charge in [0.15, 0.2) is 0 Å². The lowest BCUT2D eigenvalue weighted by atomic mass is 9.85. The summed E-state index contributed by atoms with van der Waals surface area (Å²) in [5.74, 6) is -1.18. The van der Waals surface area contributed by atoms with Gasteiger partial charge in [0.25, 0.3) is 0 Å². The van der Waals surface area contributed by atoms with E-state index in [2.05, 4.69) is 0 Å². The Morgan fingerprint density at radius 3 is 2.33 bits per heavy atom. The van der Waals surface area contributed by atoms with Gasteiger partial charge < -0.3 is 9.47 Å². The van der Waals surface area contributed by atoms with Crippen LogP contribution in [0.2, 0.25) is 0 Å². The van der Waals surface area contributed by atoms with E-state index < -0.39 is 5.92 Å². The van der Waals surface area contributed by atoms with Gasteiger partial charge in [-0.25, -0.2) is 0 Å². The molecule has 0 fully saturated rings. The van der Waals surface area contributed by atoms with Gasteiger partial charge in [0, 0.05) is 6.42 Å². The first-order valence-corrected chi connectivity index (χ1v) is 7.47. The predicted molar refractivity (Wildman–Crippen MR) is 80.8 cm³/mol. The molecule has 0 aliphatic heterocycles. The second kappa shape index (κ2) is 9.16. The molecule has 1 aromatic rings. The molecule has 0 amide bonds. The molecule has 116 valence electrons. The number of ether oxygens (including phenoxy) is 2. The van der Waals surface area contributed by atoms with E-state index in [0.717, 1.165) is 12.0 Å². The van der Waals surface area contributed by atoms with Gasteiger partial charge >= 0.3 is 11.9 Å². The third-order valence-electron chi connectivity index (χ3n) is 3.22. The molecule has 0 spiro atoms. The van der Waals surface area contributed by atoms with Crippen molar-refractivity contribution in [2.45, 2.75) is 39.5 Å². The SMILES string of the molecule is CCCOC(=O)C[C@@H](C)[C@@H](C(=O)OCC)c1ccccc1. The van der Waals surface area contributed by atoms with Crippen molar-refractivity contribution >= 4 is 11.9 Å². The molecule has 0 N–H and O–H groups in total. The lowest BCUT2D eigenvalue weighted by Crippen LogP contribution is -2.25. The van der Waals surface area contributed by atoms with E-state index in [9.17, 15) is 9.59 Å². The number of hydrogen-bond donors (Lipinski definition) is 0. The first-order chi connectivity index (χ1) is 10.1. The summed E-state index contributed by atoms with van der Waals surface area (Å²) in [4.78, 5) is 24.0. The van der Waals surface area contributed by atoms with Crippen LogP contribution in [-0.4, -0.2) is 25.2 Å². The van der Waals surface area contributed by atoms with Gasteiger partial charge in [0.2, 0.25) is 0 Å². The molecule has 0 heterocycles. The Bertz CT molecular complexity index is 441. The molecule has 0 saturated heterocycles. The van der Waals surface area contributed by atoms with Crippen molar-refractivity contribution in [3.63, 3.8) is 0 Å². The minimum atomic E-state index is -0.444. The molecule has 0 saturated carbocycles. The molecule has 21 heavy (non-hydrogen) atoms. The molecule has 0 bridgehead atoms. The minimum absolute atomic E-state index is 0.171. The van der Waals surface area contributed by atoms with Crippen LogP contribution in [-0.2, 0) is 19.1 Å². The average molecular weight is 292 g/mol. The van der Waals surface area contributed by atoms with E-state index >= 15 is 0 Å². The van der Waals surface area contributed by atoms with E-state index in [1.165, 1.54) is 0 Å². The van der Waals surface area contributed by atoms with Gasteiger partial charge in [-0.3, -0.25) is 9.59 Å². The van der Waals surface area contributed by atoms with Crippen molar-refractivity contribution in [1.29, 1.82) is 0 Å². The molecule has 0 aliphatic carbocycles. The van der Waals surface area contributed by atoms with Gasteiger partial charge in [-0.2, -0.15) is 0 Å². The van der Waals surface area contributed by atoms with Crippen LogP contribution in [0, 0.1) is 5.92 Å². The highest BCUT2D eigenvalue weighted by molar-refractivity contribution is 5.80. The molecule has 4 nitrogen and oxygen atoms in total. The zero-order valence-electron chi connectivity index (χ0n) is 13.0. The number of rotatable bonds is 8. The van der Waals surface area contributed by atoms with Crippen LogP contribution in [0.25, 0.3) is 0 Å². The van der Waals surface area contributed by atoms with Crippen LogP contribution in [0.1, 0.15) is 45.1 Å². The molecule has 1 rings (SSSR count). The van der Waals surface area contributed by atoms with Crippen molar-refractivity contribution in [3.05, 3.63) is 35.9 Å². The lowest BCUT2D eigenvalue weighted by Gasteiger charge is -2.22. The number of hydrogen-bond acceptors (Lipinski definition) is 4. The summed E-state index contributed by atoms with van der Waals surface area (Å²) >= 11 is 0. The van der Waals surface area contributed by atoms with E-state index in [1.807, 2.05) is 44.2 Å². The summed E-state index contributed by atoms with van der Waals surface area (Å²) in [6.45, 7) is 6.35. The quantitative estimate of drug-likeness (QED) is 0.690. The summed E-state index contributed by atoms with van der Waals surface area (Å²) in [5.41, 5.74) is 0.867. The number of esters is 2. The second-order valence-corrected chi connectivity index (χ2v) is 5.04. The van der Waals surface area contributed by atoms with Gasteiger partial charge in [0.1, 0.15) is 0 Å². The normalized spacial score (nSPS) is 13.3. The summed E-state index contributed by atoms with van der Waals surface area (Å²) < 4.78 is 10.2. The zero-order valence-corrected chi connectivity index (χ0v) is 13.0. The van der Waals surface area contributed by atoms with Crippen LogP contribution in [0.3, 0.4) is 0 Å². The molecule has 0 radical (unpaired) electrons. The van der Waals surface area contributed by atoms with E-state index in [4.69, 9.17) is 9.47 Å². The van der Waals surface area contributed by atoms with E-state index in [0.29, 0.717) is 13.2 Å². The van der Waals surface area contributed by atoms with Crippen LogP contribution in [0.5, 0.6) is 0 Å². The van der Waals surface area contributed by atoms with E-state index in [1.54, 1.807) is 6.92 Å². The molecular formula is C17H24O4. The number of carbonyl (C=O) groups is 2. The highest BCUT2D eigenvalue weighted by Gasteiger charge is 2.30. The first-order valence-electron chi connectivity index (χ1n) is 7.47. The summed E-state index contributed by atoms with van der Waals surface area (Å²) in [6, 6.07) is 9.42. The molecular weight excluding hydrogens is 268 g/mol. The van der Waals surface area contributed by atoms with Gasteiger partial charge in [0.05, 0.1) is 19.1 Å². The largest absolute Gasteiger partial charge is 0.466 e. The second-order valence-electron chi connectivity index (χ2n) is 5.04. The van der Waals surface area contributed by atoms with Crippen molar-refractivity contribution in [2.75, 3.05) is 13.2 Å². The van der Waals surface area contributed by atoms with Crippen LogP contribution >= 0.6 is 0 Å². The van der Waals surface area contributed by atoms with Crippen molar-refractivity contribution in [3.8, 4) is 0 Å². The van der Waals surface area contributed by atoms with Gasteiger partial charge in [-0.1, -0.05) is 44.2 Å². The predicted octanol–water partition coefficient (Wildman–Crippen LogP) is 3.31. The summed E-state index contributed by atoms with van der Waals surface area (Å²) in [5, 5.41) is 0. The lowest BCUT2D eigenvalue weighted by molar-refractivity contribution is -0.148. The number of benzene rings is 1. The van der Waals surface area contributed by atoms with Crippen molar-refractivity contribution in [1.82, 2.24) is 0 Å². The fourth-order valence-corrected chi connectivity index (χ4v) is 2.24. The molecule has 0 aliphatic rings. The van der Waals surface area contributed by atoms with Crippen molar-refractivity contribution in [2.24, 2.45) is 5.92 Å². The molecule has 0 unspecified atom stereocenters. The molecule has 2 atom stereocenters. The third kappa shape index (κ3) is 5.58. The Hall–Kier alpha value is -1.84. The maximum Gasteiger partial charge on any atom is 0.313 e. The fraction of sp³-hybridized carbons (Fsp3) is 0.529. The molecule has 4 heteroatoms. The van der Waals surface area contributed by atoms with Crippen LogP contribution < -0.4 is 0 Å². The molecule has 1 aromatic carbocycles. The average Bonchev–Trinajstić information content (AvgIpc) is 2.46. The monoisotopic (exact) mass is 292 g/mol. The Labute approximate surface area is 126 Å². The summed E-state index contributed by atoms with van der Waals surface area (Å²) in [7, 11) is 0. The maximum atomic E-state index is 12.2. The van der Waals surface area contributed by atoms with E-state index in [-0.39, 0.29) is 24.3 Å². The molecule has 0 aromatic heterocycles. The highest BCUT2D eigenvalue weighted by Crippen LogP contribution is 2.28. The van der Waals surface area contributed by atoms with Gasteiger partial charge in [-0.05, 0) is 24.8 Å². The van der Waals surface area contributed by atoms with Crippen molar-refractivity contribution < 1.29 is 19.1 Å². The zero-order chi connectivity index (χ0) is 15.7. The smallest absolute Gasteiger partial charge is 0.313 e.